The van der Waals surface area contributed by atoms with Gasteiger partial charge >= 0.3 is 6.03 Å². The molecular formula is C31H62N2O5Si2. The predicted molar refractivity (Wildman–Crippen MR) is 169 cm³/mol. The summed E-state index contributed by atoms with van der Waals surface area (Å²) in [5.41, 5.74) is 0. The van der Waals surface area contributed by atoms with Crippen molar-refractivity contribution in [1.82, 2.24) is 9.80 Å². The Morgan fingerprint density at radius 1 is 0.675 bits per heavy atom. The SMILES string of the molecule is CC(C)[C@@H]1[C@H](OCOCC[Si](C)(C)C)[C@@H](OCOCC[Si](C)(C)C)[C@@H](C(C)C)N(CC2CC2)C(=O)N1CC1CC1. The van der Waals surface area contributed by atoms with Crippen LogP contribution in [0.2, 0.25) is 51.4 Å². The number of ether oxygens (including phenoxy) is 4. The van der Waals surface area contributed by atoms with Crippen LogP contribution in [0.4, 0.5) is 4.79 Å². The van der Waals surface area contributed by atoms with Crippen molar-refractivity contribution in [3.63, 3.8) is 0 Å². The average molecular weight is 599 g/mol. The van der Waals surface area contributed by atoms with Crippen LogP contribution in [0.15, 0.2) is 0 Å². The van der Waals surface area contributed by atoms with Gasteiger partial charge in [-0.05, 0) is 61.4 Å². The molecule has 1 heterocycles. The Kier molecular flexibility index (Phi) is 12.6. The zero-order valence-corrected chi connectivity index (χ0v) is 29.5. The molecule has 0 aromatic heterocycles. The maximum Gasteiger partial charge on any atom is 0.320 e. The molecule has 0 radical (unpaired) electrons. The Morgan fingerprint density at radius 3 is 1.30 bits per heavy atom. The third kappa shape index (κ3) is 11.0. The van der Waals surface area contributed by atoms with E-state index < -0.39 is 16.1 Å². The molecular weight excluding hydrogens is 537 g/mol. The van der Waals surface area contributed by atoms with E-state index >= 15 is 0 Å². The monoisotopic (exact) mass is 598 g/mol. The Labute approximate surface area is 248 Å². The molecule has 0 spiro atoms. The largest absolute Gasteiger partial charge is 0.356 e. The van der Waals surface area contributed by atoms with Gasteiger partial charge in [0.15, 0.2) is 0 Å². The van der Waals surface area contributed by atoms with Crippen LogP contribution >= 0.6 is 0 Å². The number of carbonyl (C=O) groups excluding carboxylic acids is 1. The summed E-state index contributed by atoms with van der Waals surface area (Å²) in [6, 6.07) is 2.23. The van der Waals surface area contributed by atoms with E-state index in [0.29, 0.717) is 25.0 Å². The lowest BCUT2D eigenvalue weighted by Crippen LogP contribution is -2.55. The van der Waals surface area contributed by atoms with Crippen LogP contribution < -0.4 is 0 Å². The maximum absolute atomic E-state index is 14.5. The third-order valence-electron chi connectivity index (χ3n) is 8.56. The lowest BCUT2D eigenvalue weighted by molar-refractivity contribution is -0.194. The summed E-state index contributed by atoms with van der Waals surface area (Å²) >= 11 is 0. The van der Waals surface area contributed by atoms with E-state index in [1.807, 2.05) is 0 Å². The average Bonchev–Trinajstić information content (AvgIpc) is 3.74. The van der Waals surface area contributed by atoms with E-state index in [4.69, 9.17) is 18.9 Å². The molecule has 40 heavy (non-hydrogen) atoms. The van der Waals surface area contributed by atoms with Crippen LogP contribution in [0.25, 0.3) is 0 Å². The first-order valence-corrected chi connectivity index (χ1v) is 23.6. The third-order valence-corrected chi connectivity index (χ3v) is 12.0. The quantitative estimate of drug-likeness (QED) is 0.0967. The molecule has 0 bridgehead atoms. The van der Waals surface area contributed by atoms with Gasteiger partial charge in [-0.1, -0.05) is 67.0 Å². The van der Waals surface area contributed by atoms with E-state index in [9.17, 15) is 4.79 Å². The van der Waals surface area contributed by atoms with E-state index in [1.165, 1.54) is 25.7 Å². The fraction of sp³-hybridized carbons (Fsp3) is 0.968. The van der Waals surface area contributed by atoms with Crippen LogP contribution in [0, 0.1) is 23.7 Å². The molecule has 234 valence electrons. The highest BCUT2D eigenvalue weighted by Gasteiger charge is 2.52. The molecule has 0 N–H and O–H groups in total. The summed E-state index contributed by atoms with van der Waals surface area (Å²) in [6.45, 7) is 26.6. The normalized spacial score (nSPS) is 26.8. The van der Waals surface area contributed by atoms with Crippen molar-refractivity contribution >= 4 is 22.2 Å². The molecule has 3 fully saturated rings. The molecule has 7 nitrogen and oxygen atoms in total. The highest BCUT2D eigenvalue weighted by atomic mass is 28.3. The molecule has 2 aliphatic carbocycles. The van der Waals surface area contributed by atoms with Crippen molar-refractivity contribution in [1.29, 1.82) is 0 Å². The second kappa shape index (κ2) is 14.8. The Bertz CT molecular complexity index is 715. The molecule has 4 atom stereocenters. The highest BCUT2D eigenvalue weighted by molar-refractivity contribution is 6.76. The van der Waals surface area contributed by atoms with Gasteiger partial charge in [-0.3, -0.25) is 0 Å². The molecule has 9 heteroatoms. The van der Waals surface area contributed by atoms with Gasteiger partial charge in [-0.25, -0.2) is 4.79 Å². The number of carbonyl (C=O) groups is 1. The summed E-state index contributed by atoms with van der Waals surface area (Å²) in [7, 11) is -2.39. The van der Waals surface area contributed by atoms with Crippen LogP contribution in [0.1, 0.15) is 53.4 Å². The number of hydrogen-bond acceptors (Lipinski definition) is 5. The summed E-state index contributed by atoms with van der Waals surface area (Å²) < 4.78 is 25.6. The maximum atomic E-state index is 14.5. The Hall–Kier alpha value is -0.456. The molecule has 2 amide bonds. The molecule has 3 rings (SSSR count). The standard InChI is InChI=1S/C31H62N2O5Si2/c1-23(2)27-29(37-21-35-15-17-39(5,6)7)30(38-22-36-16-18-40(8,9)10)28(24(3)4)33(20-26-13-14-26)31(34)32(27)19-25-11-12-25/h23-30H,11-22H2,1-10H3/t27-,28-,29+,30+/m1/s1. The van der Waals surface area contributed by atoms with Gasteiger partial charge in [0.25, 0.3) is 0 Å². The zero-order valence-electron chi connectivity index (χ0n) is 27.5. The molecule has 0 unspecified atom stereocenters. The summed E-state index contributed by atoms with van der Waals surface area (Å²) in [6.07, 6.45) is 4.27. The first-order chi connectivity index (χ1) is 18.7. The van der Waals surface area contributed by atoms with Crippen molar-refractivity contribution in [3.05, 3.63) is 0 Å². The lowest BCUT2D eigenvalue weighted by Gasteiger charge is -2.40. The van der Waals surface area contributed by atoms with E-state index in [0.717, 1.165) is 25.2 Å². The molecule has 0 aromatic carbocycles. The second-order valence-electron chi connectivity index (χ2n) is 15.9. The van der Waals surface area contributed by atoms with Gasteiger partial charge in [-0.2, -0.15) is 0 Å². The van der Waals surface area contributed by atoms with Crippen molar-refractivity contribution in [2.75, 3.05) is 39.9 Å². The summed E-state index contributed by atoms with van der Waals surface area (Å²) in [4.78, 5) is 18.8. The molecule has 1 saturated heterocycles. The number of nitrogens with zero attached hydrogens (tertiary/aromatic N) is 2. The minimum absolute atomic E-state index is 0.0777. The van der Waals surface area contributed by atoms with Gasteiger partial charge in [0, 0.05) is 42.5 Å². The summed E-state index contributed by atoms with van der Waals surface area (Å²) in [5, 5.41) is 0. The molecule has 2 saturated carbocycles. The van der Waals surface area contributed by atoms with Gasteiger partial charge in [0.1, 0.15) is 25.8 Å². The fourth-order valence-electron chi connectivity index (χ4n) is 5.71. The molecule has 1 aliphatic heterocycles. The van der Waals surface area contributed by atoms with E-state index in [-0.39, 0.29) is 55.7 Å². The van der Waals surface area contributed by atoms with Gasteiger partial charge in [-0.15, -0.1) is 0 Å². The van der Waals surface area contributed by atoms with Crippen LogP contribution in [0.5, 0.6) is 0 Å². The van der Waals surface area contributed by atoms with E-state index in [2.05, 4.69) is 76.8 Å². The van der Waals surface area contributed by atoms with Gasteiger partial charge in [0.05, 0.1) is 12.1 Å². The molecule has 0 aromatic rings. The summed E-state index contributed by atoms with van der Waals surface area (Å²) in [5.74, 6) is 1.65. The molecule has 3 aliphatic rings. The van der Waals surface area contributed by atoms with Gasteiger partial charge < -0.3 is 28.7 Å². The van der Waals surface area contributed by atoms with Crippen LogP contribution in [0.3, 0.4) is 0 Å². The number of rotatable bonds is 18. The Morgan fingerprint density at radius 2 is 1.02 bits per heavy atom. The lowest BCUT2D eigenvalue weighted by atomic mass is 9.87. The number of hydrogen-bond donors (Lipinski definition) is 0. The van der Waals surface area contributed by atoms with Gasteiger partial charge in [0.2, 0.25) is 0 Å². The van der Waals surface area contributed by atoms with Crippen molar-refractivity contribution < 1.29 is 23.7 Å². The first kappa shape index (κ1) is 34.0. The van der Waals surface area contributed by atoms with Crippen LogP contribution in [-0.4, -0.2) is 96.2 Å². The van der Waals surface area contributed by atoms with Crippen molar-refractivity contribution in [2.45, 2.75) is 129 Å². The first-order valence-electron chi connectivity index (χ1n) is 16.1. The minimum Gasteiger partial charge on any atom is -0.356 e. The van der Waals surface area contributed by atoms with Crippen molar-refractivity contribution in [2.24, 2.45) is 23.7 Å². The zero-order chi connectivity index (χ0) is 29.7. The van der Waals surface area contributed by atoms with E-state index in [1.54, 1.807) is 0 Å². The highest BCUT2D eigenvalue weighted by Crippen LogP contribution is 2.39. The van der Waals surface area contributed by atoms with Crippen molar-refractivity contribution in [3.8, 4) is 0 Å². The smallest absolute Gasteiger partial charge is 0.320 e. The van der Waals surface area contributed by atoms with Crippen LogP contribution in [-0.2, 0) is 18.9 Å². The number of amides is 2. The Balaban J connectivity index is 1.89. The minimum atomic E-state index is -1.19. The number of urea groups is 1. The topological polar surface area (TPSA) is 60.5 Å². The predicted octanol–water partition coefficient (Wildman–Crippen LogP) is 6.99. The second-order valence-corrected chi connectivity index (χ2v) is 27.1. The fourth-order valence-corrected chi connectivity index (χ4v) is 7.23.